The predicted octanol–water partition coefficient (Wildman–Crippen LogP) is 4.24. The standard InChI is InChI=1S/C14H16BrNO3S2/c15-13-7-9-20-14(13)21(17,18)16(11-4-1-2-5-11)10-12-6-3-8-19-12/h3,6-9,11H,1-2,4-5,10H2. The minimum Gasteiger partial charge on any atom is -0.468 e. The van der Waals surface area contributed by atoms with Gasteiger partial charge in [-0.1, -0.05) is 12.8 Å². The van der Waals surface area contributed by atoms with Gasteiger partial charge in [-0.25, -0.2) is 8.42 Å². The van der Waals surface area contributed by atoms with Gasteiger partial charge in [0.2, 0.25) is 0 Å². The summed E-state index contributed by atoms with van der Waals surface area (Å²) >= 11 is 4.59. The van der Waals surface area contributed by atoms with E-state index in [4.69, 9.17) is 4.42 Å². The van der Waals surface area contributed by atoms with E-state index in [0.29, 0.717) is 21.0 Å². The molecule has 0 N–H and O–H groups in total. The van der Waals surface area contributed by atoms with Crippen LogP contribution in [0.25, 0.3) is 0 Å². The maximum absolute atomic E-state index is 13.0. The molecule has 3 rings (SSSR count). The van der Waals surface area contributed by atoms with E-state index in [2.05, 4.69) is 15.9 Å². The lowest BCUT2D eigenvalue weighted by Gasteiger charge is -2.26. The lowest BCUT2D eigenvalue weighted by atomic mass is 10.2. The summed E-state index contributed by atoms with van der Waals surface area (Å²) in [6, 6.07) is 5.45. The first-order valence-electron chi connectivity index (χ1n) is 6.86. The number of nitrogens with zero attached hydrogens (tertiary/aromatic N) is 1. The average molecular weight is 390 g/mol. The van der Waals surface area contributed by atoms with Gasteiger partial charge in [0, 0.05) is 10.5 Å². The fourth-order valence-electron chi connectivity index (χ4n) is 2.73. The van der Waals surface area contributed by atoms with Gasteiger partial charge in [0.15, 0.2) is 0 Å². The van der Waals surface area contributed by atoms with Crippen molar-refractivity contribution in [2.45, 2.75) is 42.5 Å². The van der Waals surface area contributed by atoms with Crippen molar-refractivity contribution in [2.24, 2.45) is 0 Å². The molecule has 114 valence electrons. The summed E-state index contributed by atoms with van der Waals surface area (Å²) in [4.78, 5) is 0. The van der Waals surface area contributed by atoms with Gasteiger partial charge >= 0.3 is 0 Å². The lowest BCUT2D eigenvalue weighted by molar-refractivity contribution is 0.292. The molecule has 0 spiro atoms. The molecule has 7 heteroatoms. The summed E-state index contributed by atoms with van der Waals surface area (Å²) in [5.74, 6) is 0.679. The highest BCUT2D eigenvalue weighted by Gasteiger charge is 2.35. The molecule has 21 heavy (non-hydrogen) atoms. The van der Waals surface area contributed by atoms with Gasteiger partial charge in [0.05, 0.1) is 12.8 Å². The zero-order valence-electron chi connectivity index (χ0n) is 11.4. The fourth-order valence-corrected chi connectivity index (χ4v) is 6.81. The molecule has 0 radical (unpaired) electrons. The third-order valence-corrected chi connectivity index (χ3v) is 8.30. The molecule has 0 atom stereocenters. The van der Waals surface area contributed by atoms with Crippen LogP contribution in [0.3, 0.4) is 0 Å². The Kier molecular flexibility index (Phi) is 4.54. The van der Waals surface area contributed by atoms with E-state index in [1.165, 1.54) is 11.3 Å². The molecule has 1 saturated carbocycles. The van der Waals surface area contributed by atoms with Crippen molar-refractivity contribution in [3.63, 3.8) is 0 Å². The van der Waals surface area contributed by atoms with Crippen molar-refractivity contribution < 1.29 is 12.8 Å². The highest BCUT2D eigenvalue weighted by Crippen LogP contribution is 2.35. The molecule has 0 aromatic carbocycles. The van der Waals surface area contributed by atoms with Gasteiger partial charge in [0.1, 0.15) is 9.97 Å². The summed E-state index contributed by atoms with van der Waals surface area (Å²) in [6.07, 6.45) is 5.59. The molecule has 2 aromatic heterocycles. The van der Waals surface area contributed by atoms with Crippen LogP contribution in [0.5, 0.6) is 0 Å². The normalized spacial score (nSPS) is 16.9. The Bertz CT molecular complexity index is 688. The highest BCUT2D eigenvalue weighted by molar-refractivity contribution is 9.10. The molecule has 0 bridgehead atoms. The summed E-state index contributed by atoms with van der Waals surface area (Å²) in [5, 5.41) is 1.79. The third-order valence-electron chi connectivity index (χ3n) is 3.75. The summed E-state index contributed by atoms with van der Waals surface area (Å²) in [5.41, 5.74) is 0. The molecule has 2 aromatic rings. The van der Waals surface area contributed by atoms with Crippen LogP contribution in [0.1, 0.15) is 31.4 Å². The Morgan fingerprint density at radius 2 is 2.10 bits per heavy atom. The van der Waals surface area contributed by atoms with Gasteiger partial charge < -0.3 is 4.42 Å². The van der Waals surface area contributed by atoms with E-state index in [9.17, 15) is 8.42 Å². The van der Waals surface area contributed by atoms with Gasteiger partial charge in [-0.15, -0.1) is 11.3 Å². The number of halogens is 1. The number of sulfonamides is 1. The molecule has 0 amide bonds. The summed E-state index contributed by atoms with van der Waals surface area (Å²) in [7, 11) is -3.50. The molecule has 1 aliphatic rings. The minimum absolute atomic E-state index is 0.0640. The van der Waals surface area contributed by atoms with Gasteiger partial charge in [-0.05, 0) is 52.4 Å². The van der Waals surface area contributed by atoms with Crippen LogP contribution in [0, 0.1) is 0 Å². The third kappa shape index (κ3) is 3.11. The largest absolute Gasteiger partial charge is 0.468 e. The quantitative estimate of drug-likeness (QED) is 0.768. The predicted molar refractivity (Wildman–Crippen MR) is 85.7 cm³/mol. The number of rotatable bonds is 5. The smallest absolute Gasteiger partial charge is 0.254 e. The van der Waals surface area contributed by atoms with Crippen LogP contribution in [0.15, 0.2) is 42.9 Å². The molecule has 1 fully saturated rings. The fraction of sp³-hybridized carbons (Fsp3) is 0.429. The van der Waals surface area contributed by atoms with Crippen molar-refractivity contribution in [1.29, 1.82) is 0 Å². The second-order valence-electron chi connectivity index (χ2n) is 5.12. The summed E-state index contributed by atoms with van der Waals surface area (Å²) in [6.45, 7) is 0.296. The van der Waals surface area contributed by atoms with E-state index in [1.807, 2.05) is 6.07 Å². The maximum atomic E-state index is 13.0. The molecule has 1 aliphatic carbocycles. The van der Waals surface area contributed by atoms with Crippen LogP contribution < -0.4 is 0 Å². The minimum atomic E-state index is -3.50. The van der Waals surface area contributed by atoms with Crippen molar-refractivity contribution >= 4 is 37.3 Å². The Morgan fingerprint density at radius 1 is 1.33 bits per heavy atom. The number of hydrogen-bond donors (Lipinski definition) is 0. The molecular weight excluding hydrogens is 374 g/mol. The zero-order valence-corrected chi connectivity index (χ0v) is 14.6. The first kappa shape index (κ1) is 15.3. The molecule has 0 unspecified atom stereocenters. The van der Waals surface area contributed by atoms with Crippen molar-refractivity contribution in [1.82, 2.24) is 4.31 Å². The molecule has 2 heterocycles. The van der Waals surface area contributed by atoms with Crippen molar-refractivity contribution in [2.75, 3.05) is 0 Å². The molecule has 0 aliphatic heterocycles. The number of furan rings is 1. The van der Waals surface area contributed by atoms with E-state index < -0.39 is 10.0 Å². The maximum Gasteiger partial charge on any atom is 0.254 e. The monoisotopic (exact) mass is 389 g/mol. The van der Waals surface area contributed by atoms with Crippen LogP contribution in [0.2, 0.25) is 0 Å². The van der Waals surface area contributed by atoms with Crippen LogP contribution in [0.4, 0.5) is 0 Å². The van der Waals surface area contributed by atoms with Crippen LogP contribution in [-0.2, 0) is 16.6 Å². The van der Waals surface area contributed by atoms with Crippen molar-refractivity contribution in [3.8, 4) is 0 Å². The SMILES string of the molecule is O=S(=O)(c1sccc1Br)N(Cc1ccco1)C1CCCC1. The van der Waals surface area contributed by atoms with Gasteiger partial charge in [-0.2, -0.15) is 4.31 Å². The first-order chi connectivity index (χ1) is 10.1. The van der Waals surface area contributed by atoms with E-state index >= 15 is 0 Å². The Labute approximate surface area is 136 Å². The topological polar surface area (TPSA) is 50.5 Å². The van der Waals surface area contributed by atoms with Crippen LogP contribution >= 0.6 is 27.3 Å². The summed E-state index contributed by atoms with van der Waals surface area (Å²) < 4.78 is 34.0. The Hall–Kier alpha value is -0.630. The first-order valence-corrected chi connectivity index (χ1v) is 9.97. The van der Waals surface area contributed by atoms with Gasteiger partial charge in [-0.3, -0.25) is 0 Å². The second kappa shape index (κ2) is 6.24. The van der Waals surface area contributed by atoms with E-state index in [0.717, 1.165) is 25.7 Å². The molecule has 4 nitrogen and oxygen atoms in total. The van der Waals surface area contributed by atoms with Gasteiger partial charge in [0.25, 0.3) is 10.0 Å². The second-order valence-corrected chi connectivity index (χ2v) is 8.98. The van der Waals surface area contributed by atoms with E-state index in [-0.39, 0.29) is 6.04 Å². The number of thiophene rings is 1. The van der Waals surface area contributed by atoms with Crippen molar-refractivity contribution in [3.05, 3.63) is 40.1 Å². The van der Waals surface area contributed by atoms with Crippen LogP contribution in [-0.4, -0.2) is 18.8 Å². The lowest BCUT2D eigenvalue weighted by Crippen LogP contribution is -2.37. The molecular formula is C14H16BrNO3S2. The van der Waals surface area contributed by atoms with E-state index in [1.54, 1.807) is 28.1 Å². The highest BCUT2D eigenvalue weighted by atomic mass is 79.9. The average Bonchev–Trinajstić information content (AvgIpc) is 3.18. The molecule has 0 saturated heterocycles. The Balaban J connectivity index is 1.96. The zero-order chi connectivity index (χ0) is 14.9. The Morgan fingerprint density at radius 3 is 2.67 bits per heavy atom. The number of hydrogen-bond acceptors (Lipinski definition) is 4.